The molecule has 218 valence electrons. The highest BCUT2D eigenvalue weighted by molar-refractivity contribution is 5.92. The largest absolute Gasteiger partial charge is 0.444 e. The third-order valence-corrected chi connectivity index (χ3v) is 7.87. The fourth-order valence-corrected chi connectivity index (χ4v) is 5.71. The summed E-state index contributed by atoms with van der Waals surface area (Å²) in [5.41, 5.74) is 3.43. The van der Waals surface area contributed by atoms with Gasteiger partial charge in [-0.25, -0.2) is 9.31 Å². The summed E-state index contributed by atoms with van der Waals surface area (Å²) in [6, 6.07) is 12.6. The zero-order chi connectivity index (χ0) is 28.6. The molecule has 1 aromatic carbocycles. The molecule has 6 rings (SSSR count). The van der Waals surface area contributed by atoms with Gasteiger partial charge in [-0.05, 0) is 89.1 Å². The molecule has 2 aliphatic heterocycles. The van der Waals surface area contributed by atoms with Crippen LogP contribution in [-0.2, 0) is 22.9 Å². The average Bonchev–Trinajstić information content (AvgIpc) is 3.49. The highest BCUT2D eigenvalue weighted by Gasteiger charge is 2.27. The number of fused-ring (bicyclic) bond motifs is 2. The van der Waals surface area contributed by atoms with E-state index in [1.165, 1.54) is 5.69 Å². The SMILES string of the molecule is Cn1nc(NC2CCN(C(=O)OC(C)(C)C)CC2)c2ccc(Nc3nc4cccc(CC5CCOCC5)n4n3)cc21. The van der Waals surface area contributed by atoms with Crippen LogP contribution in [0, 0.1) is 5.92 Å². The first-order chi connectivity index (χ1) is 19.7. The zero-order valence-corrected chi connectivity index (χ0v) is 24.4. The van der Waals surface area contributed by atoms with Crippen molar-refractivity contribution in [3.63, 3.8) is 0 Å². The van der Waals surface area contributed by atoms with E-state index in [2.05, 4.69) is 34.9 Å². The summed E-state index contributed by atoms with van der Waals surface area (Å²) in [5.74, 6) is 2.04. The summed E-state index contributed by atoms with van der Waals surface area (Å²) >= 11 is 0. The highest BCUT2D eigenvalue weighted by atomic mass is 16.6. The minimum atomic E-state index is -0.484. The Morgan fingerprint density at radius 3 is 2.61 bits per heavy atom. The number of carbonyl (C=O) groups excluding carboxylic acids is 1. The monoisotopic (exact) mass is 560 g/mol. The van der Waals surface area contributed by atoms with Crippen molar-refractivity contribution >= 4 is 40.1 Å². The number of ether oxygens (including phenoxy) is 2. The maximum absolute atomic E-state index is 12.4. The maximum Gasteiger partial charge on any atom is 0.410 e. The molecule has 0 atom stereocenters. The van der Waals surface area contributed by atoms with Crippen LogP contribution in [0.4, 0.5) is 22.2 Å². The number of carbonyl (C=O) groups is 1. The molecule has 0 saturated carbocycles. The fraction of sp³-hybridized carbons (Fsp3) is 0.533. The van der Waals surface area contributed by atoms with Crippen molar-refractivity contribution in [2.75, 3.05) is 36.9 Å². The summed E-state index contributed by atoms with van der Waals surface area (Å²) in [6.07, 6.45) is 4.58. The fourth-order valence-electron chi connectivity index (χ4n) is 5.71. The topological polar surface area (TPSA) is 111 Å². The number of aryl methyl sites for hydroxylation is 1. The Bertz CT molecular complexity index is 1520. The van der Waals surface area contributed by atoms with Gasteiger partial charge in [0, 0.05) is 56.2 Å². The summed E-state index contributed by atoms with van der Waals surface area (Å²) in [5, 5.41) is 17.6. The van der Waals surface area contributed by atoms with E-state index in [4.69, 9.17) is 24.7 Å². The number of nitrogens with zero attached hydrogens (tertiary/aromatic N) is 6. The van der Waals surface area contributed by atoms with Crippen LogP contribution in [0.15, 0.2) is 36.4 Å². The number of rotatable bonds is 6. The lowest BCUT2D eigenvalue weighted by Crippen LogP contribution is -2.44. The van der Waals surface area contributed by atoms with Gasteiger partial charge in [-0.15, -0.1) is 5.10 Å². The van der Waals surface area contributed by atoms with Crippen molar-refractivity contribution in [3.8, 4) is 0 Å². The van der Waals surface area contributed by atoms with Gasteiger partial charge in [0.05, 0.1) is 5.52 Å². The molecule has 5 heterocycles. The number of anilines is 3. The molecule has 0 aliphatic carbocycles. The van der Waals surface area contributed by atoms with Crippen molar-refractivity contribution in [1.29, 1.82) is 0 Å². The van der Waals surface area contributed by atoms with Crippen molar-refractivity contribution in [3.05, 3.63) is 42.1 Å². The van der Waals surface area contributed by atoms with E-state index in [0.29, 0.717) is 25.0 Å². The van der Waals surface area contributed by atoms with Crippen molar-refractivity contribution in [2.45, 2.75) is 64.5 Å². The first-order valence-corrected chi connectivity index (χ1v) is 14.6. The molecule has 0 spiro atoms. The molecule has 2 N–H and O–H groups in total. The van der Waals surface area contributed by atoms with Crippen molar-refractivity contribution in [2.24, 2.45) is 13.0 Å². The number of likely N-dealkylation sites (tertiary alicyclic amines) is 1. The van der Waals surface area contributed by atoms with E-state index in [-0.39, 0.29) is 12.1 Å². The third kappa shape index (κ3) is 6.24. The number of pyridine rings is 1. The second-order valence-corrected chi connectivity index (χ2v) is 12.2. The van der Waals surface area contributed by atoms with Gasteiger partial charge in [0.15, 0.2) is 11.5 Å². The lowest BCUT2D eigenvalue weighted by atomic mass is 9.95. The van der Waals surface area contributed by atoms with E-state index < -0.39 is 5.60 Å². The first kappa shape index (κ1) is 27.3. The predicted octanol–water partition coefficient (Wildman–Crippen LogP) is 5.14. The summed E-state index contributed by atoms with van der Waals surface area (Å²) < 4.78 is 14.9. The molecule has 11 nitrogen and oxygen atoms in total. The van der Waals surface area contributed by atoms with E-state index in [9.17, 15) is 4.79 Å². The molecule has 0 unspecified atom stereocenters. The smallest absolute Gasteiger partial charge is 0.410 e. The Kier molecular flexibility index (Phi) is 7.46. The molecule has 1 amide bonds. The molecular formula is C30H40N8O3. The second-order valence-electron chi connectivity index (χ2n) is 12.2. The van der Waals surface area contributed by atoms with Crippen molar-refractivity contribution in [1.82, 2.24) is 29.3 Å². The van der Waals surface area contributed by atoms with Crippen LogP contribution in [0.1, 0.15) is 52.1 Å². The third-order valence-electron chi connectivity index (χ3n) is 7.87. The van der Waals surface area contributed by atoms with Crippen molar-refractivity contribution < 1.29 is 14.3 Å². The number of nitrogens with one attached hydrogen (secondary N) is 2. The van der Waals surface area contributed by atoms with Gasteiger partial charge in [-0.1, -0.05) is 6.07 Å². The summed E-state index contributed by atoms with van der Waals surface area (Å²) in [4.78, 5) is 18.9. The van der Waals surface area contributed by atoms with Gasteiger partial charge in [0.1, 0.15) is 5.60 Å². The van der Waals surface area contributed by atoms with Crippen LogP contribution in [0.25, 0.3) is 16.6 Å². The highest BCUT2D eigenvalue weighted by Crippen LogP contribution is 2.29. The molecular weight excluding hydrogens is 520 g/mol. The number of hydrogen-bond donors (Lipinski definition) is 2. The molecule has 3 aromatic heterocycles. The van der Waals surface area contributed by atoms with E-state index in [0.717, 1.165) is 73.4 Å². The molecule has 2 aliphatic rings. The number of benzene rings is 1. The summed E-state index contributed by atoms with van der Waals surface area (Å²) in [6.45, 7) is 8.68. The molecule has 2 saturated heterocycles. The Morgan fingerprint density at radius 1 is 1.07 bits per heavy atom. The minimum absolute atomic E-state index is 0.238. The van der Waals surface area contributed by atoms with Crippen LogP contribution in [-0.4, -0.2) is 73.3 Å². The molecule has 4 aromatic rings. The van der Waals surface area contributed by atoms with Gasteiger partial charge in [-0.3, -0.25) is 4.68 Å². The van der Waals surface area contributed by atoms with Gasteiger partial charge < -0.3 is 25.0 Å². The quantitative estimate of drug-likeness (QED) is 0.334. The Balaban J connectivity index is 1.12. The number of hydrogen-bond acceptors (Lipinski definition) is 8. The minimum Gasteiger partial charge on any atom is -0.444 e. The van der Waals surface area contributed by atoms with Crippen LogP contribution < -0.4 is 10.6 Å². The van der Waals surface area contributed by atoms with Crippen LogP contribution in [0.2, 0.25) is 0 Å². The molecule has 0 bridgehead atoms. The zero-order valence-electron chi connectivity index (χ0n) is 24.4. The molecule has 11 heteroatoms. The second kappa shape index (κ2) is 11.2. The molecule has 0 radical (unpaired) electrons. The standard InChI is InChI=1S/C30H40N8O3/c1-30(2,3)41-29(39)37-14-10-21(11-15-37)31-27-24-9-8-22(19-25(24)36(4)34-27)32-28-33-26-7-5-6-23(38(26)35-28)18-20-12-16-40-17-13-20/h5-9,19-21H,10-18H2,1-4H3,(H,31,34)(H,32,35). The van der Waals surface area contributed by atoms with Gasteiger partial charge in [0.25, 0.3) is 0 Å². The normalized spacial score (nSPS) is 17.3. The Hall–Kier alpha value is -3.86. The van der Waals surface area contributed by atoms with E-state index >= 15 is 0 Å². The Morgan fingerprint density at radius 2 is 1.85 bits per heavy atom. The lowest BCUT2D eigenvalue weighted by Gasteiger charge is -2.33. The number of piperidine rings is 1. The Labute approximate surface area is 240 Å². The van der Waals surface area contributed by atoms with Gasteiger partial charge in [0.2, 0.25) is 5.95 Å². The molecule has 2 fully saturated rings. The van der Waals surface area contributed by atoms with Gasteiger partial charge in [-0.2, -0.15) is 10.1 Å². The van der Waals surface area contributed by atoms with E-state index in [1.807, 2.05) is 49.1 Å². The predicted molar refractivity (Wildman–Crippen MR) is 159 cm³/mol. The van der Waals surface area contributed by atoms with Crippen LogP contribution in [0.3, 0.4) is 0 Å². The van der Waals surface area contributed by atoms with Gasteiger partial charge >= 0.3 is 6.09 Å². The number of aromatic nitrogens is 5. The number of amides is 1. The lowest BCUT2D eigenvalue weighted by molar-refractivity contribution is 0.0210. The average molecular weight is 561 g/mol. The maximum atomic E-state index is 12.4. The first-order valence-electron chi connectivity index (χ1n) is 14.6. The summed E-state index contributed by atoms with van der Waals surface area (Å²) in [7, 11) is 1.95. The van der Waals surface area contributed by atoms with Crippen LogP contribution >= 0.6 is 0 Å². The van der Waals surface area contributed by atoms with E-state index in [1.54, 1.807) is 4.90 Å². The van der Waals surface area contributed by atoms with Crippen LogP contribution in [0.5, 0.6) is 0 Å². The molecule has 41 heavy (non-hydrogen) atoms.